The Balaban J connectivity index is 1.69. The van der Waals surface area contributed by atoms with Gasteiger partial charge in [0.2, 0.25) is 0 Å². The van der Waals surface area contributed by atoms with Gasteiger partial charge in [-0.05, 0) is 51.1 Å². The lowest BCUT2D eigenvalue weighted by Gasteiger charge is -2.28. The summed E-state index contributed by atoms with van der Waals surface area (Å²) in [4.78, 5) is 11.0. The van der Waals surface area contributed by atoms with Crippen LogP contribution in [-0.4, -0.2) is 57.9 Å². The number of nitrogens with zero attached hydrogens (tertiary/aromatic N) is 3. The number of benzene rings is 1. The van der Waals surface area contributed by atoms with Crippen molar-refractivity contribution in [2.75, 3.05) is 20.7 Å². The van der Waals surface area contributed by atoms with E-state index in [1.807, 2.05) is 50.5 Å². The first-order valence-corrected chi connectivity index (χ1v) is 9.02. The summed E-state index contributed by atoms with van der Waals surface area (Å²) in [6.45, 7) is 0.302. The van der Waals surface area contributed by atoms with Gasteiger partial charge in [-0.25, -0.2) is 9.97 Å². The zero-order valence-electron chi connectivity index (χ0n) is 15.3. The third-order valence-electron chi connectivity index (χ3n) is 5.21. The van der Waals surface area contributed by atoms with Crippen molar-refractivity contribution in [1.82, 2.24) is 14.9 Å². The highest BCUT2D eigenvalue weighted by Crippen LogP contribution is 2.36. The summed E-state index contributed by atoms with van der Waals surface area (Å²) in [6, 6.07) is 11.7. The summed E-state index contributed by atoms with van der Waals surface area (Å²) in [5.41, 5.74) is 0.913. The molecule has 1 heterocycles. The fourth-order valence-corrected chi connectivity index (χ4v) is 3.84. The molecule has 4 atom stereocenters. The highest BCUT2D eigenvalue weighted by Gasteiger charge is 2.43. The molecule has 0 aliphatic heterocycles. The minimum absolute atomic E-state index is 0.00870. The van der Waals surface area contributed by atoms with Gasteiger partial charge in [-0.1, -0.05) is 18.2 Å². The molecule has 1 aromatic heterocycles. The molecule has 1 fully saturated rings. The average Bonchev–Trinajstić information content (AvgIpc) is 2.97. The van der Waals surface area contributed by atoms with E-state index in [9.17, 15) is 10.2 Å². The molecule has 3 rings (SSSR count). The Morgan fingerprint density at radius 1 is 1.15 bits per heavy atom. The fourth-order valence-electron chi connectivity index (χ4n) is 3.84. The molecule has 2 N–H and O–H groups in total. The van der Waals surface area contributed by atoms with Gasteiger partial charge in [-0.15, -0.1) is 0 Å². The third-order valence-corrected chi connectivity index (χ3v) is 5.21. The number of aliphatic hydroxyl groups excluding tert-OH is 2. The standard InChI is InChI=1S/C20H27N3O3/c1-23(2)18-11-19(25)17(12-24)16(18)10-14-8-9-21-20(22-14)13-26-15-6-4-3-5-7-15/h3-9,16-19,24-25H,10-13H2,1-2H3. The third kappa shape index (κ3) is 4.38. The molecule has 1 aliphatic rings. The van der Waals surface area contributed by atoms with Crippen molar-refractivity contribution in [2.24, 2.45) is 11.8 Å². The highest BCUT2D eigenvalue weighted by molar-refractivity contribution is 5.21. The Morgan fingerprint density at radius 2 is 1.92 bits per heavy atom. The number of aliphatic hydroxyl groups is 2. The first-order valence-electron chi connectivity index (χ1n) is 9.02. The molecule has 6 nitrogen and oxygen atoms in total. The second-order valence-corrected chi connectivity index (χ2v) is 7.11. The van der Waals surface area contributed by atoms with Crippen LogP contribution in [0.25, 0.3) is 0 Å². The Kier molecular flexibility index (Phi) is 6.19. The number of aromatic nitrogens is 2. The molecule has 1 aromatic carbocycles. The largest absolute Gasteiger partial charge is 0.486 e. The van der Waals surface area contributed by atoms with E-state index in [-0.39, 0.29) is 24.5 Å². The second-order valence-electron chi connectivity index (χ2n) is 7.11. The zero-order chi connectivity index (χ0) is 18.5. The van der Waals surface area contributed by atoms with Crippen LogP contribution in [0, 0.1) is 11.8 Å². The fraction of sp³-hybridized carbons (Fsp3) is 0.500. The predicted molar refractivity (Wildman–Crippen MR) is 98.7 cm³/mol. The Morgan fingerprint density at radius 3 is 2.62 bits per heavy atom. The molecule has 1 saturated carbocycles. The second kappa shape index (κ2) is 8.58. The molecule has 140 valence electrons. The van der Waals surface area contributed by atoms with Gasteiger partial charge in [0, 0.05) is 30.5 Å². The molecule has 26 heavy (non-hydrogen) atoms. The molecule has 0 radical (unpaired) electrons. The van der Waals surface area contributed by atoms with E-state index in [1.54, 1.807) is 6.20 Å². The van der Waals surface area contributed by atoms with Gasteiger partial charge in [0.1, 0.15) is 12.4 Å². The molecule has 2 aromatic rings. The summed E-state index contributed by atoms with van der Waals surface area (Å²) in [7, 11) is 4.03. The van der Waals surface area contributed by atoms with Gasteiger partial charge in [0.25, 0.3) is 0 Å². The van der Waals surface area contributed by atoms with Crippen molar-refractivity contribution in [2.45, 2.75) is 31.6 Å². The van der Waals surface area contributed by atoms with Crippen molar-refractivity contribution in [3.05, 3.63) is 54.1 Å². The van der Waals surface area contributed by atoms with Gasteiger partial charge >= 0.3 is 0 Å². The summed E-state index contributed by atoms with van der Waals surface area (Å²) in [5.74, 6) is 1.45. The number of hydrogen-bond donors (Lipinski definition) is 2. The highest BCUT2D eigenvalue weighted by atomic mass is 16.5. The molecule has 0 spiro atoms. The normalized spacial score (nSPS) is 25.6. The number of ether oxygens (including phenoxy) is 1. The lowest BCUT2D eigenvalue weighted by atomic mass is 9.88. The lowest BCUT2D eigenvalue weighted by molar-refractivity contribution is 0.0707. The molecule has 1 aliphatic carbocycles. The Labute approximate surface area is 154 Å². The number of rotatable bonds is 7. The Hall–Kier alpha value is -2.02. The first-order chi connectivity index (χ1) is 12.6. The number of para-hydroxylation sites is 1. The summed E-state index contributed by atoms with van der Waals surface area (Å²) >= 11 is 0. The predicted octanol–water partition coefficient (Wildman–Crippen LogP) is 1.52. The van der Waals surface area contributed by atoms with Gasteiger partial charge in [-0.2, -0.15) is 0 Å². The first kappa shape index (κ1) is 18.8. The number of hydrogen-bond acceptors (Lipinski definition) is 6. The monoisotopic (exact) mass is 357 g/mol. The smallest absolute Gasteiger partial charge is 0.166 e. The van der Waals surface area contributed by atoms with Gasteiger partial charge in [0.05, 0.1) is 6.10 Å². The van der Waals surface area contributed by atoms with Crippen LogP contribution >= 0.6 is 0 Å². The zero-order valence-corrected chi connectivity index (χ0v) is 15.3. The van der Waals surface area contributed by atoms with E-state index >= 15 is 0 Å². The van der Waals surface area contributed by atoms with Crippen LogP contribution in [0.1, 0.15) is 17.9 Å². The average molecular weight is 357 g/mol. The van der Waals surface area contributed by atoms with E-state index in [2.05, 4.69) is 14.9 Å². The van der Waals surface area contributed by atoms with Crippen molar-refractivity contribution in [1.29, 1.82) is 0 Å². The van der Waals surface area contributed by atoms with E-state index in [0.717, 1.165) is 11.4 Å². The molecule has 0 saturated heterocycles. The van der Waals surface area contributed by atoms with Crippen LogP contribution in [0.3, 0.4) is 0 Å². The van der Waals surface area contributed by atoms with Crippen LogP contribution < -0.4 is 4.74 Å². The Bertz CT molecular complexity index is 696. The molecule has 0 amide bonds. The minimum atomic E-state index is -0.472. The summed E-state index contributed by atoms with van der Waals surface area (Å²) < 4.78 is 5.72. The molecule has 4 unspecified atom stereocenters. The van der Waals surface area contributed by atoms with Crippen LogP contribution in [0.2, 0.25) is 0 Å². The SMILES string of the molecule is CN(C)C1CC(O)C(CO)C1Cc1ccnc(COc2ccccc2)n1. The summed E-state index contributed by atoms with van der Waals surface area (Å²) in [6.07, 6.45) is 2.65. The minimum Gasteiger partial charge on any atom is -0.486 e. The van der Waals surface area contributed by atoms with Gasteiger partial charge in [0.15, 0.2) is 5.82 Å². The molecular weight excluding hydrogens is 330 g/mol. The van der Waals surface area contributed by atoms with Gasteiger partial charge in [-0.3, -0.25) is 0 Å². The maximum Gasteiger partial charge on any atom is 0.166 e. The molecular formula is C20H27N3O3. The van der Waals surface area contributed by atoms with Crippen molar-refractivity contribution < 1.29 is 14.9 Å². The lowest BCUT2D eigenvalue weighted by Crippen LogP contribution is -2.35. The van der Waals surface area contributed by atoms with E-state index in [4.69, 9.17) is 4.74 Å². The van der Waals surface area contributed by atoms with Crippen molar-refractivity contribution in [3.63, 3.8) is 0 Å². The van der Waals surface area contributed by atoms with Crippen LogP contribution in [0.4, 0.5) is 0 Å². The van der Waals surface area contributed by atoms with Crippen LogP contribution in [0.15, 0.2) is 42.6 Å². The van der Waals surface area contributed by atoms with Crippen LogP contribution in [0.5, 0.6) is 5.75 Å². The summed E-state index contributed by atoms with van der Waals surface area (Å²) in [5, 5.41) is 20.0. The molecule has 0 bridgehead atoms. The van der Waals surface area contributed by atoms with Gasteiger partial charge < -0.3 is 19.8 Å². The topological polar surface area (TPSA) is 78.7 Å². The van der Waals surface area contributed by atoms with E-state index < -0.39 is 6.10 Å². The van der Waals surface area contributed by atoms with Crippen LogP contribution in [-0.2, 0) is 13.0 Å². The van der Waals surface area contributed by atoms with Crippen molar-refractivity contribution in [3.8, 4) is 5.75 Å². The van der Waals surface area contributed by atoms with Crippen molar-refractivity contribution >= 4 is 0 Å². The van der Waals surface area contributed by atoms with E-state index in [0.29, 0.717) is 25.3 Å². The maximum atomic E-state index is 10.3. The van der Waals surface area contributed by atoms with E-state index in [1.165, 1.54) is 0 Å². The molecule has 6 heteroatoms. The quantitative estimate of drug-likeness (QED) is 0.782. The maximum absolute atomic E-state index is 10.3.